The van der Waals surface area contributed by atoms with E-state index < -0.39 is 0 Å². The van der Waals surface area contributed by atoms with Crippen molar-refractivity contribution in [2.24, 2.45) is 0 Å². The van der Waals surface area contributed by atoms with Crippen LogP contribution in [0.2, 0.25) is 0 Å². The molecule has 1 saturated heterocycles. The highest BCUT2D eigenvalue weighted by molar-refractivity contribution is 5.40. The molecule has 1 aliphatic rings. The van der Waals surface area contributed by atoms with Crippen LogP contribution in [-0.4, -0.2) is 58.9 Å². The molecule has 2 aromatic heterocycles. The van der Waals surface area contributed by atoms with Gasteiger partial charge < -0.3 is 19.3 Å². The summed E-state index contributed by atoms with van der Waals surface area (Å²) in [5, 5.41) is 8.04. The Morgan fingerprint density at radius 1 is 0.963 bits per heavy atom. The van der Waals surface area contributed by atoms with Gasteiger partial charge in [0.05, 0.1) is 6.61 Å². The second-order valence-electron chi connectivity index (χ2n) is 6.67. The molecule has 0 bridgehead atoms. The van der Waals surface area contributed by atoms with Crippen LogP contribution in [0.15, 0.2) is 12.1 Å². The molecule has 0 spiro atoms. The SMILES string of the molecule is CCCOc1ccc(Oc2nc(N(C)C)nc(N3CCCCCC3)n2)nn1. The Hall–Kier alpha value is -2.71. The number of ether oxygens (including phenoxy) is 2. The van der Waals surface area contributed by atoms with Crippen LogP contribution >= 0.6 is 0 Å². The van der Waals surface area contributed by atoms with Crippen LogP contribution in [0.25, 0.3) is 0 Å². The van der Waals surface area contributed by atoms with Crippen LogP contribution in [0.4, 0.5) is 11.9 Å². The number of hydrogen-bond donors (Lipinski definition) is 0. The van der Waals surface area contributed by atoms with Crippen molar-refractivity contribution in [3.8, 4) is 17.8 Å². The Morgan fingerprint density at radius 2 is 1.67 bits per heavy atom. The molecule has 2 aromatic rings. The van der Waals surface area contributed by atoms with Crippen molar-refractivity contribution >= 4 is 11.9 Å². The molecule has 0 radical (unpaired) electrons. The first-order valence-electron chi connectivity index (χ1n) is 9.48. The molecule has 0 aromatic carbocycles. The van der Waals surface area contributed by atoms with Crippen molar-refractivity contribution in [3.63, 3.8) is 0 Å². The molecule has 0 amide bonds. The Labute approximate surface area is 159 Å². The van der Waals surface area contributed by atoms with Crippen LogP contribution in [0.5, 0.6) is 17.8 Å². The van der Waals surface area contributed by atoms with Gasteiger partial charge in [-0.05, 0) is 19.3 Å². The summed E-state index contributed by atoms with van der Waals surface area (Å²) >= 11 is 0. The van der Waals surface area contributed by atoms with Crippen LogP contribution in [0.1, 0.15) is 39.0 Å². The highest BCUT2D eigenvalue weighted by Gasteiger charge is 2.17. The standard InChI is InChI=1S/C18H27N7O2/c1-4-13-26-14-9-10-15(23-22-14)27-18-20-16(24(2)3)19-17(21-18)25-11-7-5-6-8-12-25/h9-10H,4-8,11-13H2,1-3H3. The average molecular weight is 373 g/mol. The molecule has 27 heavy (non-hydrogen) atoms. The van der Waals surface area contributed by atoms with Gasteiger partial charge in [-0.2, -0.15) is 15.0 Å². The molecule has 3 rings (SSSR count). The lowest BCUT2D eigenvalue weighted by Crippen LogP contribution is -2.27. The maximum absolute atomic E-state index is 5.75. The zero-order valence-electron chi connectivity index (χ0n) is 16.3. The molecule has 0 saturated carbocycles. The summed E-state index contributed by atoms with van der Waals surface area (Å²) in [6.45, 7) is 4.53. The molecule has 0 aliphatic carbocycles. The Bertz CT molecular complexity index is 716. The van der Waals surface area contributed by atoms with Gasteiger partial charge in [0.15, 0.2) is 0 Å². The minimum atomic E-state index is 0.212. The highest BCUT2D eigenvalue weighted by Crippen LogP contribution is 2.23. The first-order valence-corrected chi connectivity index (χ1v) is 9.48. The third kappa shape index (κ3) is 5.38. The Morgan fingerprint density at radius 3 is 2.30 bits per heavy atom. The molecular weight excluding hydrogens is 346 g/mol. The van der Waals surface area contributed by atoms with E-state index in [0.29, 0.717) is 30.3 Å². The monoisotopic (exact) mass is 373 g/mol. The van der Waals surface area contributed by atoms with Gasteiger partial charge in [0.25, 0.3) is 0 Å². The lowest BCUT2D eigenvalue weighted by atomic mass is 10.2. The maximum atomic E-state index is 5.75. The summed E-state index contributed by atoms with van der Waals surface area (Å²) in [5.74, 6) is 1.98. The first-order chi connectivity index (χ1) is 13.2. The third-order valence-corrected chi connectivity index (χ3v) is 4.15. The fourth-order valence-corrected chi connectivity index (χ4v) is 2.73. The van der Waals surface area contributed by atoms with Crippen molar-refractivity contribution in [2.45, 2.75) is 39.0 Å². The molecule has 9 nitrogen and oxygen atoms in total. The van der Waals surface area contributed by atoms with Crippen LogP contribution in [0, 0.1) is 0 Å². The summed E-state index contributed by atoms with van der Waals surface area (Å²) in [6, 6.07) is 3.63. The number of aromatic nitrogens is 5. The van der Waals surface area contributed by atoms with Gasteiger partial charge in [0.2, 0.25) is 23.7 Å². The molecule has 3 heterocycles. The van der Waals surface area contributed by atoms with Gasteiger partial charge in [-0.3, -0.25) is 0 Å². The minimum absolute atomic E-state index is 0.212. The van der Waals surface area contributed by atoms with E-state index in [1.807, 2.05) is 25.9 Å². The van der Waals surface area contributed by atoms with Crippen molar-refractivity contribution in [3.05, 3.63) is 12.1 Å². The van der Waals surface area contributed by atoms with Crippen LogP contribution in [-0.2, 0) is 0 Å². The van der Waals surface area contributed by atoms with E-state index >= 15 is 0 Å². The number of anilines is 2. The normalized spacial score (nSPS) is 14.6. The summed E-state index contributed by atoms with van der Waals surface area (Å²) in [4.78, 5) is 17.5. The zero-order valence-corrected chi connectivity index (χ0v) is 16.3. The topological polar surface area (TPSA) is 89.4 Å². The number of nitrogens with zero attached hydrogens (tertiary/aromatic N) is 7. The molecule has 9 heteroatoms. The van der Waals surface area contributed by atoms with Crippen molar-refractivity contribution < 1.29 is 9.47 Å². The van der Waals surface area contributed by atoms with Gasteiger partial charge in [-0.25, -0.2) is 0 Å². The molecule has 0 N–H and O–H groups in total. The van der Waals surface area contributed by atoms with E-state index in [1.165, 1.54) is 12.8 Å². The molecule has 1 aliphatic heterocycles. The predicted octanol–water partition coefficient (Wildman–Crippen LogP) is 2.69. The maximum Gasteiger partial charge on any atom is 0.330 e. The lowest BCUT2D eigenvalue weighted by molar-refractivity contribution is 0.298. The zero-order chi connectivity index (χ0) is 19.1. The molecule has 0 atom stereocenters. The Balaban J connectivity index is 1.79. The lowest BCUT2D eigenvalue weighted by Gasteiger charge is -2.21. The van der Waals surface area contributed by atoms with E-state index in [1.54, 1.807) is 12.1 Å². The fraction of sp³-hybridized carbons (Fsp3) is 0.611. The number of hydrogen-bond acceptors (Lipinski definition) is 9. The van der Waals surface area contributed by atoms with Gasteiger partial charge in [-0.15, -0.1) is 10.2 Å². The van der Waals surface area contributed by atoms with E-state index in [-0.39, 0.29) is 6.01 Å². The molecule has 146 valence electrons. The van der Waals surface area contributed by atoms with E-state index in [9.17, 15) is 0 Å². The molecular formula is C18H27N7O2. The summed E-state index contributed by atoms with van der Waals surface area (Å²) < 4.78 is 11.2. The predicted molar refractivity (Wildman–Crippen MR) is 103 cm³/mol. The fourth-order valence-electron chi connectivity index (χ4n) is 2.73. The van der Waals surface area contributed by atoms with Crippen molar-refractivity contribution in [2.75, 3.05) is 43.6 Å². The summed E-state index contributed by atoms with van der Waals surface area (Å²) in [7, 11) is 3.79. The minimum Gasteiger partial charge on any atom is -0.477 e. The first kappa shape index (κ1) is 19.1. The smallest absolute Gasteiger partial charge is 0.330 e. The van der Waals surface area contributed by atoms with Crippen LogP contribution < -0.4 is 19.3 Å². The summed E-state index contributed by atoms with van der Waals surface area (Å²) in [6.07, 6.45) is 5.69. The van der Waals surface area contributed by atoms with Crippen molar-refractivity contribution in [1.82, 2.24) is 25.1 Å². The second-order valence-corrected chi connectivity index (χ2v) is 6.67. The average Bonchev–Trinajstić information content (AvgIpc) is 2.97. The van der Waals surface area contributed by atoms with Gasteiger partial charge in [0, 0.05) is 39.3 Å². The van der Waals surface area contributed by atoms with Gasteiger partial charge in [-0.1, -0.05) is 19.8 Å². The molecule has 0 unspecified atom stereocenters. The van der Waals surface area contributed by atoms with E-state index in [2.05, 4.69) is 30.0 Å². The third-order valence-electron chi connectivity index (χ3n) is 4.15. The van der Waals surface area contributed by atoms with Gasteiger partial charge in [0.1, 0.15) is 0 Å². The second kappa shape index (κ2) is 9.29. The van der Waals surface area contributed by atoms with Gasteiger partial charge >= 0.3 is 6.01 Å². The highest BCUT2D eigenvalue weighted by atomic mass is 16.5. The van der Waals surface area contributed by atoms with E-state index in [4.69, 9.17) is 9.47 Å². The number of rotatable bonds is 7. The molecule has 1 fully saturated rings. The largest absolute Gasteiger partial charge is 0.477 e. The van der Waals surface area contributed by atoms with E-state index in [0.717, 1.165) is 32.4 Å². The van der Waals surface area contributed by atoms with Crippen LogP contribution in [0.3, 0.4) is 0 Å². The van der Waals surface area contributed by atoms with Crippen molar-refractivity contribution in [1.29, 1.82) is 0 Å². The Kier molecular flexibility index (Phi) is 6.56. The summed E-state index contributed by atoms with van der Waals surface area (Å²) in [5.41, 5.74) is 0. The quantitative estimate of drug-likeness (QED) is 0.726.